The van der Waals surface area contributed by atoms with E-state index >= 15 is 0 Å². The van der Waals surface area contributed by atoms with Gasteiger partial charge in [0.05, 0.1) is 5.41 Å². The summed E-state index contributed by atoms with van der Waals surface area (Å²) < 4.78 is 28.9. The highest BCUT2D eigenvalue weighted by Gasteiger charge is 1.94. The Balaban J connectivity index is 0.000000174. The minimum absolute atomic E-state index is 0.732. The summed E-state index contributed by atoms with van der Waals surface area (Å²) in [6, 6.07) is 29.6. The van der Waals surface area contributed by atoms with Crippen LogP contribution in [-0.4, -0.2) is 13.0 Å². The van der Waals surface area contributed by atoms with Crippen LogP contribution in [0.2, 0.25) is 0 Å². The van der Waals surface area contributed by atoms with Crippen molar-refractivity contribution >= 4 is 16.2 Å². The van der Waals surface area contributed by atoms with Crippen molar-refractivity contribution in [2.45, 2.75) is 0 Å². The monoisotopic (exact) mass is 338 g/mol. The highest BCUT2D eigenvalue weighted by molar-refractivity contribution is 7.88. The van der Waals surface area contributed by atoms with E-state index in [9.17, 15) is 8.42 Å². The molecule has 3 nitrogen and oxygen atoms in total. The van der Waals surface area contributed by atoms with Gasteiger partial charge in [0.2, 0.25) is 0 Å². The summed E-state index contributed by atoms with van der Waals surface area (Å²) in [5.41, 5.74) is 3.28. The molecule has 0 spiro atoms. The van der Waals surface area contributed by atoms with E-state index in [4.69, 9.17) is 4.55 Å². The first-order valence-electron chi connectivity index (χ1n) is 7.36. The van der Waals surface area contributed by atoms with E-state index < -0.39 is 10.1 Å². The maximum atomic E-state index is 10.3. The van der Waals surface area contributed by atoms with E-state index in [0.717, 1.165) is 11.0 Å². The van der Waals surface area contributed by atoms with Gasteiger partial charge in [0.1, 0.15) is 0 Å². The molecule has 0 unspecified atom stereocenters. The summed E-state index contributed by atoms with van der Waals surface area (Å²) >= 11 is 0. The van der Waals surface area contributed by atoms with E-state index in [1.807, 2.05) is 18.2 Å². The topological polar surface area (TPSA) is 54.4 Å². The van der Waals surface area contributed by atoms with Crippen LogP contribution in [0.4, 0.5) is 0 Å². The predicted octanol–water partition coefficient (Wildman–Crippen LogP) is 4.90. The van der Waals surface area contributed by atoms with Crippen molar-refractivity contribution in [3.05, 3.63) is 102 Å². The first kappa shape index (κ1) is 17.7. The van der Waals surface area contributed by atoms with Gasteiger partial charge in [-0.3, -0.25) is 4.55 Å². The van der Waals surface area contributed by atoms with E-state index in [1.165, 1.54) is 17.2 Å². The smallest absolute Gasteiger partial charge is 0.282 e. The molecule has 3 aromatic carbocycles. The van der Waals surface area contributed by atoms with Crippen LogP contribution in [0.25, 0.3) is 17.2 Å². The second kappa shape index (κ2) is 8.82. The Morgan fingerprint density at radius 1 is 0.625 bits per heavy atom. The Labute approximate surface area is 142 Å². The van der Waals surface area contributed by atoms with Crippen LogP contribution >= 0.6 is 0 Å². The van der Waals surface area contributed by atoms with Crippen LogP contribution in [0.5, 0.6) is 0 Å². The van der Waals surface area contributed by atoms with Gasteiger partial charge in [-0.15, -0.1) is 0 Å². The van der Waals surface area contributed by atoms with E-state index in [-0.39, 0.29) is 0 Å². The normalized spacial score (nSPS) is 10.9. The highest BCUT2D eigenvalue weighted by Crippen LogP contribution is 2.17. The third-order valence-electron chi connectivity index (χ3n) is 3.11. The van der Waals surface area contributed by atoms with Crippen LogP contribution in [-0.2, 0) is 10.1 Å². The Morgan fingerprint density at radius 2 is 1.00 bits per heavy atom. The quantitative estimate of drug-likeness (QED) is 0.691. The van der Waals surface area contributed by atoms with Crippen molar-refractivity contribution < 1.29 is 13.0 Å². The lowest BCUT2D eigenvalue weighted by Gasteiger charge is -1.98. The summed E-state index contributed by atoms with van der Waals surface area (Å²) in [4.78, 5) is 0. The first-order valence-corrected chi connectivity index (χ1v) is 8.86. The summed E-state index contributed by atoms with van der Waals surface area (Å²) in [6.07, 6.45) is 1.33. The number of hydrogen-bond acceptors (Lipinski definition) is 2. The SMILES string of the molecule is O=S(=O)(O)C=Cc1ccccc1.c1ccc(-c2ccccc2)cc1. The standard InChI is InChI=1S/C12H10.C8H8O3S/c1-3-7-11(8-4-1)12-9-5-2-6-10-12;9-12(10,11)7-6-8-4-2-1-3-5-8/h1-10H;1-7H,(H,9,10,11). The molecule has 4 heteroatoms. The minimum Gasteiger partial charge on any atom is -0.282 e. The van der Waals surface area contributed by atoms with Crippen LogP contribution in [0.3, 0.4) is 0 Å². The van der Waals surface area contributed by atoms with E-state index in [2.05, 4.69) is 48.5 Å². The fourth-order valence-electron chi connectivity index (χ4n) is 1.99. The molecule has 24 heavy (non-hydrogen) atoms. The molecule has 3 rings (SSSR count). The fraction of sp³-hybridized carbons (Fsp3) is 0. The Morgan fingerprint density at radius 3 is 1.38 bits per heavy atom. The summed E-state index contributed by atoms with van der Waals surface area (Å²) in [5.74, 6) is 0. The zero-order valence-electron chi connectivity index (χ0n) is 13.0. The van der Waals surface area contributed by atoms with Crippen molar-refractivity contribution in [2.75, 3.05) is 0 Å². The summed E-state index contributed by atoms with van der Waals surface area (Å²) in [6.45, 7) is 0. The maximum Gasteiger partial charge on any atom is 0.287 e. The number of hydrogen-bond donors (Lipinski definition) is 1. The molecule has 0 bridgehead atoms. The van der Waals surface area contributed by atoms with Crippen LogP contribution in [0.1, 0.15) is 5.56 Å². The van der Waals surface area contributed by atoms with Crippen molar-refractivity contribution in [3.63, 3.8) is 0 Å². The third-order valence-corrected chi connectivity index (χ3v) is 3.59. The van der Waals surface area contributed by atoms with Gasteiger partial charge in [-0.05, 0) is 22.8 Å². The lowest BCUT2D eigenvalue weighted by molar-refractivity contribution is 0.494. The zero-order chi connectivity index (χ0) is 17.3. The van der Waals surface area contributed by atoms with Crippen molar-refractivity contribution in [1.29, 1.82) is 0 Å². The van der Waals surface area contributed by atoms with Gasteiger partial charge in [0.25, 0.3) is 10.1 Å². The lowest BCUT2D eigenvalue weighted by Crippen LogP contribution is -1.88. The zero-order valence-corrected chi connectivity index (χ0v) is 13.8. The average molecular weight is 338 g/mol. The molecular formula is C20H18O3S. The molecule has 0 radical (unpaired) electrons. The van der Waals surface area contributed by atoms with Crippen molar-refractivity contribution in [2.24, 2.45) is 0 Å². The van der Waals surface area contributed by atoms with E-state index in [1.54, 1.807) is 24.3 Å². The molecule has 0 heterocycles. The third kappa shape index (κ3) is 6.60. The number of benzene rings is 3. The molecule has 0 aromatic heterocycles. The molecular weight excluding hydrogens is 320 g/mol. The fourth-order valence-corrected chi connectivity index (χ4v) is 2.32. The summed E-state index contributed by atoms with van der Waals surface area (Å²) in [5, 5.41) is 0.752. The average Bonchev–Trinajstić information content (AvgIpc) is 2.62. The molecule has 0 aliphatic carbocycles. The molecule has 0 atom stereocenters. The molecule has 0 aliphatic rings. The Hall–Kier alpha value is -2.69. The van der Waals surface area contributed by atoms with E-state index in [0.29, 0.717) is 0 Å². The van der Waals surface area contributed by atoms with Gasteiger partial charge in [-0.1, -0.05) is 91.0 Å². The molecule has 122 valence electrons. The minimum atomic E-state index is -4.00. The summed E-state index contributed by atoms with van der Waals surface area (Å²) in [7, 11) is -4.00. The van der Waals surface area contributed by atoms with Crippen LogP contribution in [0.15, 0.2) is 96.4 Å². The van der Waals surface area contributed by atoms with Crippen LogP contribution in [0, 0.1) is 0 Å². The second-order valence-corrected chi connectivity index (χ2v) is 6.26. The van der Waals surface area contributed by atoms with Gasteiger partial charge in [-0.2, -0.15) is 8.42 Å². The number of rotatable bonds is 3. The van der Waals surface area contributed by atoms with Crippen molar-refractivity contribution in [1.82, 2.24) is 0 Å². The second-order valence-electron chi connectivity index (χ2n) is 4.96. The molecule has 0 fully saturated rings. The largest absolute Gasteiger partial charge is 0.287 e. The van der Waals surface area contributed by atoms with Gasteiger partial charge in [0.15, 0.2) is 0 Å². The molecule has 0 saturated carbocycles. The highest BCUT2D eigenvalue weighted by atomic mass is 32.2. The van der Waals surface area contributed by atoms with Gasteiger partial charge in [-0.25, -0.2) is 0 Å². The molecule has 0 saturated heterocycles. The Kier molecular flexibility index (Phi) is 6.49. The molecule has 3 aromatic rings. The van der Waals surface area contributed by atoms with Gasteiger partial charge in [0, 0.05) is 0 Å². The van der Waals surface area contributed by atoms with Crippen LogP contribution < -0.4 is 0 Å². The van der Waals surface area contributed by atoms with Gasteiger partial charge >= 0.3 is 0 Å². The molecule has 0 amide bonds. The predicted molar refractivity (Wildman–Crippen MR) is 98.9 cm³/mol. The lowest BCUT2D eigenvalue weighted by atomic mass is 10.1. The molecule has 0 aliphatic heterocycles. The maximum absolute atomic E-state index is 10.3. The van der Waals surface area contributed by atoms with Crippen molar-refractivity contribution in [3.8, 4) is 11.1 Å². The molecule has 1 N–H and O–H groups in total. The van der Waals surface area contributed by atoms with Gasteiger partial charge < -0.3 is 0 Å². The Bertz CT molecular complexity index is 819. The first-order chi connectivity index (χ1) is 11.5.